The van der Waals surface area contributed by atoms with Crippen LogP contribution < -0.4 is 10.6 Å². The number of amides is 1. The predicted molar refractivity (Wildman–Crippen MR) is 83.3 cm³/mol. The minimum absolute atomic E-state index is 0.0967. The largest absolute Gasteiger partial charge is 0.481 e. The standard InChI is InChI=1S/C16H24N2O3/c1-3-4-8-13(17)16(21)18(11-10-15(19)20)14-9-6-5-7-12(14)2/h5-7,9,13H,3-4,8,10-11,17H2,1-2H3,(H,19,20). The van der Waals surface area contributed by atoms with E-state index < -0.39 is 12.0 Å². The number of carboxylic acids is 1. The summed E-state index contributed by atoms with van der Waals surface area (Å²) in [7, 11) is 0. The summed E-state index contributed by atoms with van der Waals surface area (Å²) in [6, 6.07) is 6.85. The third kappa shape index (κ3) is 5.19. The second-order valence-electron chi connectivity index (χ2n) is 5.17. The van der Waals surface area contributed by atoms with Crippen molar-refractivity contribution in [2.24, 2.45) is 5.73 Å². The average molecular weight is 292 g/mol. The highest BCUT2D eigenvalue weighted by Gasteiger charge is 2.23. The molecule has 0 radical (unpaired) electrons. The highest BCUT2D eigenvalue weighted by atomic mass is 16.4. The quantitative estimate of drug-likeness (QED) is 0.770. The maximum Gasteiger partial charge on any atom is 0.305 e. The molecule has 0 aromatic heterocycles. The normalized spacial score (nSPS) is 12.0. The monoisotopic (exact) mass is 292 g/mol. The first-order valence-corrected chi connectivity index (χ1v) is 7.31. The van der Waals surface area contributed by atoms with Crippen LogP contribution >= 0.6 is 0 Å². The lowest BCUT2D eigenvalue weighted by molar-refractivity contribution is -0.136. The number of hydrogen-bond acceptors (Lipinski definition) is 3. The first kappa shape index (κ1) is 17.2. The highest BCUT2D eigenvalue weighted by Crippen LogP contribution is 2.21. The lowest BCUT2D eigenvalue weighted by Gasteiger charge is -2.26. The van der Waals surface area contributed by atoms with E-state index in [9.17, 15) is 9.59 Å². The average Bonchev–Trinajstić information content (AvgIpc) is 2.46. The van der Waals surface area contributed by atoms with Gasteiger partial charge in [0.25, 0.3) is 0 Å². The second kappa shape index (κ2) is 8.42. The Bertz CT molecular complexity index is 488. The maximum absolute atomic E-state index is 12.5. The van der Waals surface area contributed by atoms with Crippen molar-refractivity contribution < 1.29 is 14.7 Å². The Morgan fingerprint density at radius 3 is 2.57 bits per heavy atom. The van der Waals surface area contributed by atoms with Crippen LogP contribution in [0.15, 0.2) is 24.3 Å². The molecule has 0 bridgehead atoms. The number of unbranched alkanes of at least 4 members (excludes halogenated alkanes) is 1. The predicted octanol–water partition coefficient (Wildman–Crippen LogP) is 2.32. The van der Waals surface area contributed by atoms with Crippen LogP contribution in [-0.4, -0.2) is 29.6 Å². The summed E-state index contributed by atoms with van der Waals surface area (Å²) in [5.41, 5.74) is 7.62. The van der Waals surface area contributed by atoms with Gasteiger partial charge >= 0.3 is 5.97 Å². The number of aryl methyl sites for hydroxylation is 1. The van der Waals surface area contributed by atoms with E-state index in [0.29, 0.717) is 6.42 Å². The Morgan fingerprint density at radius 1 is 1.33 bits per heavy atom. The Labute approximate surface area is 125 Å². The summed E-state index contributed by atoms with van der Waals surface area (Å²) in [5, 5.41) is 8.87. The van der Waals surface area contributed by atoms with Gasteiger partial charge in [0.05, 0.1) is 12.5 Å². The van der Waals surface area contributed by atoms with Gasteiger partial charge in [0.2, 0.25) is 5.91 Å². The van der Waals surface area contributed by atoms with Gasteiger partial charge in [0.15, 0.2) is 0 Å². The number of carbonyl (C=O) groups is 2. The van der Waals surface area contributed by atoms with Crippen molar-refractivity contribution in [3.8, 4) is 0 Å². The van der Waals surface area contributed by atoms with Gasteiger partial charge in [-0.15, -0.1) is 0 Å². The van der Waals surface area contributed by atoms with Crippen molar-refractivity contribution in [1.29, 1.82) is 0 Å². The zero-order valence-electron chi connectivity index (χ0n) is 12.7. The molecule has 0 heterocycles. The van der Waals surface area contributed by atoms with Gasteiger partial charge in [-0.3, -0.25) is 9.59 Å². The molecule has 0 aliphatic carbocycles. The molecule has 1 rings (SSSR count). The molecule has 5 heteroatoms. The second-order valence-corrected chi connectivity index (χ2v) is 5.17. The van der Waals surface area contributed by atoms with Crippen LogP contribution in [-0.2, 0) is 9.59 Å². The molecule has 5 nitrogen and oxygen atoms in total. The molecule has 0 saturated heterocycles. The molecular formula is C16H24N2O3. The fourth-order valence-electron chi connectivity index (χ4n) is 2.17. The molecule has 0 aliphatic rings. The van der Waals surface area contributed by atoms with Crippen molar-refractivity contribution in [2.75, 3.05) is 11.4 Å². The van der Waals surface area contributed by atoms with Gasteiger partial charge in [0, 0.05) is 12.2 Å². The third-order valence-corrected chi connectivity index (χ3v) is 3.41. The number of rotatable bonds is 8. The number of nitrogens with zero attached hydrogens (tertiary/aromatic N) is 1. The van der Waals surface area contributed by atoms with Crippen molar-refractivity contribution >= 4 is 17.6 Å². The summed E-state index contributed by atoms with van der Waals surface area (Å²) in [5.74, 6) is -1.14. The Kier molecular flexibility index (Phi) is 6.88. The molecule has 21 heavy (non-hydrogen) atoms. The van der Waals surface area contributed by atoms with Gasteiger partial charge in [-0.05, 0) is 25.0 Å². The molecule has 1 atom stereocenters. The molecule has 1 aromatic rings. The molecule has 1 unspecified atom stereocenters. The Hall–Kier alpha value is -1.88. The van der Waals surface area contributed by atoms with Gasteiger partial charge in [0.1, 0.15) is 0 Å². The number of anilines is 1. The number of hydrogen-bond donors (Lipinski definition) is 2. The summed E-state index contributed by atoms with van der Waals surface area (Å²) < 4.78 is 0. The van der Waals surface area contributed by atoms with E-state index in [1.807, 2.05) is 38.1 Å². The number of para-hydroxylation sites is 1. The van der Waals surface area contributed by atoms with Gasteiger partial charge < -0.3 is 15.7 Å². The van der Waals surface area contributed by atoms with Crippen LogP contribution in [0, 0.1) is 6.92 Å². The summed E-state index contributed by atoms with van der Waals surface area (Å²) >= 11 is 0. The smallest absolute Gasteiger partial charge is 0.305 e. The van der Waals surface area contributed by atoms with E-state index >= 15 is 0 Å². The molecule has 0 aliphatic heterocycles. The Balaban J connectivity index is 2.94. The highest BCUT2D eigenvalue weighted by molar-refractivity contribution is 5.98. The topological polar surface area (TPSA) is 83.6 Å². The van der Waals surface area contributed by atoms with Gasteiger partial charge in [-0.2, -0.15) is 0 Å². The lowest BCUT2D eigenvalue weighted by Crippen LogP contribution is -2.45. The lowest BCUT2D eigenvalue weighted by atomic mass is 10.1. The first-order valence-electron chi connectivity index (χ1n) is 7.31. The molecule has 1 aromatic carbocycles. The molecule has 3 N–H and O–H groups in total. The third-order valence-electron chi connectivity index (χ3n) is 3.41. The SMILES string of the molecule is CCCCC(N)C(=O)N(CCC(=O)O)c1ccccc1C. The number of carboxylic acid groups (broad SMARTS) is 1. The molecule has 0 saturated carbocycles. The molecule has 1 amide bonds. The fourth-order valence-corrected chi connectivity index (χ4v) is 2.17. The molecular weight excluding hydrogens is 268 g/mol. The summed E-state index contributed by atoms with van der Waals surface area (Å²) in [4.78, 5) is 24.8. The van der Waals surface area contributed by atoms with Crippen LogP contribution in [0.3, 0.4) is 0 Å². The fraction of sp³-hybridized carbons (Fsp3) is 0.500. The number of carbonyl (C=O) groups excluding carboxylic acids is 1. The number of aliphatic carboxylic acids is 1. The zero-order chi connectivity index (χ0) is 15.8. The molecule has 116 valence electrons. The Morgan fingerprint density at radius 2 is 2.00 bits per heavy atom. The van der Waals surface area contributed by atoms with Crippen LogP contribution in [0.25, 0.3) is 0 Å². The number of nitrogens with two attached hydrogens (primary N) is 1. The van der Waals surface area contributed by atoms with E-state index in [4.69, 9.17) is 10.8 Å². The minimum Gasteiger partial charge on any atom is -0.481 e. The summed E-state index contributed by atoms with van der Waals surface area (Å²) in [6.45, 7) is 4.08. The van der Waals surface area contributed by atoms with Crippen molar-refractivity contribution in [2.45, 2.75) is 45.6 Å². The van der Waals surface area contributed by atoms with Crippen LogP contribution in [0.4, 0.5) is 5.69 Å². The van der Waals surface area contributed by atoms with Gasteiger partial charge in [-0.25, -0.2) is 0 Å². The molecule has 0 spiro atoms. The van der Waals surface area contributed by atoms with E-state index in [0.717, 1.165) is 24.1 Å². The van der Waals surface area contributed by atoms with E-state index in [1.54, 1.807) is 0 Å². The van der Waals surface area contributed by atoms with Crippen LogP contribution in [0.1, 0.15) is 38.2 Å². The van der Waals surface area contributed by atoms with Crippen molar-refractivity contribution in [3.05, 3.63) is 29.8 Å². The summed E-state index contributed by atoms with van der Waals surface area (Å²) in [6.07, 6.45) is 2.37. The van der Waals surface area contributed by atoms with Gasteiger partial charge in [-0.1, -0.05) is 38.0 Å². The minimum atomic E-state index is -0.927. The molecule has 0 fully saturated rings. The van der Waals surface area contributed by atoms with Crippen LogP contribution in [0.5, 0.6) is 0 Å². The van der Waals surface area contributed by atoms with E-state index in [-0.39, 0.29) is 18.9 Å². The van der Waals surface area contributed by atoms with Crippen molar-refractivity contribution in [1.82, 2.24) is 0 Å². The maximum atomic E-state index is 12.5. The van der Waals surface area contributed by atoms with E-state index in [1.165, 1.54) is 4.90 Å². The number of benzene rings is 1. The van der Waals surface area contributed by atoms with Crippen molar-refractivity contribution in [3.63, 3.8) is 0 Å². The first-order chi connectivity index (χ1) is 9.97. The van der Waals surface area contributed by atoms with Crippen LogP contribution in [0.2, 0.25) is 0 Å². The zero-order valence-corrected chi connectivity index (χ0v) is 12.7. The van der Waals surface area contributed by atoms with E-state index in [2.05, 4.69) is 0 Å².